The van der Waals surface area contributed by atoms with Gasteiger partial charge in [-0.3, -0.25) is 9.69 Å². The van der Waals surface area contributed by atoms with Gasteiger partial charge in [-0.1, -0.05) is 12.1 Å². The minimum absolute atomic E-state index is 0.106. The molecule has 1 amide bonds. The molecule has 1 atom stereocenters. The van der Waals surface area contributed by atoms with E-state index >= 15 is 0 Å². The zero-order valence-electron chi connectivity index (χ0n) is 14.5. The van der Waals surface area contributed by atoms with E-state index in [0.717, 1.165) is 31.2 Å². The number of nitrogens with one attached hydrogen (secondary N) is 1. The Labute approximate surface area is 152 Å². The van der Waals surface area contributed by atoms with Crippen LogP contribution in [0.4, 0.5) is 10.1 Å². The molecule has 1 aliphatic heterocycles. The number of hydrogen-bond donors (Lipinski definition) is 1. The van der Waals surface area contributed by atoms with Gasteiger partial charge in [-0.2, -0.15) is 0 Å². The van der Waals surface area contributed by atoms with Gasteiger partial charge in [0, 0.05) is 18.0 Å². The number of likely N-dealkylation sites (tertiary alicyclic amines) is 1. The van der Waals surface area contributed by atoms with E-state index in [0.29, 0.717) is 5.69 Å². The lowest BCUT2D eigenvalue weighted by atomic mass is 10.0. The van der Waals surface area contributed by atoms with Gasteiger partial charge in [0.2, 0.25) is 5.91 Å². The number of carbonyl (C=O) groups is 1. The van der Waals surface area contributed by atoms with E-state index in [1.807, 2.05) is 0 Å². The molecular weight excluding hydrogens is 355 g/mol. The Morgan fingerprint density at radius 1 is 1.15 bits per heavy atom. The Hall–Kier alpha value is -2.25. The van der Waals surface area contributed by atoms with Crippen molar-refractivity contribution in [2.45, 2.75) is 23.8 Å². The molecule has 5 nitrogen and oxygen atoms in total. The summed E-state index contributed by atoms with van der Waals surface area (Å²) in [5, 5.41) is 2.79. The first-order valence-electron chi connectivity index (χ1n) is 8.42. The molecule has 1 N–H and O–H groups in total. The molecule has 0 aliphatic carbocycles. The molecule has 0 bridgehead atoms. The van der Waals surface area contributed by atoms with E-state index in [9.17, 15) is 17.6 Å². The third-order valence-corrected chi connectivity index (χ3v) is 5.66. The Morgan fingerprint density at radius 2 is 1.81 bits per heavy atom. The topological polar surface area (TPSA) is 66.5 Å². The molecular formula is C19H21FN2O3S. The number of sulfone groups is 1. The second-order valence-corrected chi connectivity index (χ2v) is 8.54. The summed E-state index contributed by atoms with van der Waals surface area (Å²) in [6, 6.07) is 12.6. The molecule has 2 aromatic rings. The van der Waals surface area contributed by atoms with Crippen LogP contribution >= 0.6 is 0 Å². The fourth-order valence-corrected chi connectivity index (χ4v) is 3.88. The highest BCUT2D eigenvalue weighted by molar-refractivity contribution is 7.90. The number of carbonyl (C=O) groups excluding carboxylic acids is 1. The van der Waals surface area contributed by atoms with E-state index in [4.69, 9.17) is 0 Å². The Bertz CT molecular complexity index is 880. The van der Waals surface area contributed by atoms with E-state index in [1.54, 1.807) is 24.3 Å². The average Bonchev–Trinajstić information content (AvgIpc) is 3.03. The van der Waals surface area contributed by atoms with Gasteiger partial charge in [0.05, 0.1) is 11.4 Å². The van der Waals surface area contributed by atoms with Crippen molar-refractivity contribution in [1.29, 1.82) is 0 Å². The summed E-state index contributed by atoms with van der Waals surface area (Å²) in [4.78, 5) is 14.6. The van der Waals surface area contributed by atoms with E-state index in [1.165, 1.54) is 24.3 Å². The largest absolute Gasteiger partial charge is 0.325 e. The number of amides is 1. The van der Waals surface area contributed by atoms with Crippen LogP contribution in [0.25, 0.3) is 0 Å². The molecule has 1 aliphatic rings. The third kappa shape index (κ3) is 4.47. The minimum Gasteiger partial charge on any atom is -0.325 e. The van der Waals surface area contributed by atoms with Crippen molar-refractivity contribution < 1.29 is 17.6 Å². The first kappa shape index (κ1) is 18.5. The van der Waals surface area contributed by atoms with Crippen molar-refractivity contribution in [1.82, 2.24) is 4.90 Å². The molecule has 138 valence electrons. The van der Waals surface area contributed by atoms with Crippen molar-refractivity contribution in [2.24, 2.45) is 0 Å². The standard InChI is InChI=1S/C19H21FN2O3S/c1-26(24,25)17-10-8-16(9-11-17)21-19(23)13-22-12-2-3-18(22)14-4-6-15(20)7-5-14/h4-11,18H,2-3,12-13H2,1H3,(H,21,23)/t18-/m0/s1. The molecule has 1 heterocycles. The summed E-state index contributed by atoms with van der Waals surface area (Å²) in [7, 11) is -3.26. The highest BCUT2D eigenvalue weighted by atomic mass is 32.2. The molecule has 0 radical (unpaired) electrons. The predicted molar refractivity (Wildman–Crippen MR) is 98.1 cm³/mol. The summed E-state index contributed by atoms with van der Waals surface area (Å²) in [6.07, 6.45) is 3.06. The first-order chi connectivity index (χ1) is 12.3. The van der Waals surface area contributed by atoms with Crippen molar-refractivity contribution >= 4 is 21.4 Å². The quantitative estimate of drug-likeness (QED) is 0.871. The Balaban J connectivity index is 1.63. The zero-order valence-corrected chi connectivity index (χ0v) is 15.3. The maximum Gasteiger partial charge on any atom is 0.238 e. The normalized spacial score (nSPS) is 18.0. The van der Waals surface area contributed by atoms with E-state index in [-0.39, 0.29) is 29.2 Å². The van der Waals surface area contributed by atoms with Crippen LogP contribution in [0.15, 0.2) is 53.4 Å². The van der Waals surface area contributed by atoms with Crippen LogP contribution in [0.3, 0.4) is 0 Å². The lowest BCUT2D eigenvalue weighted by Crippen LogP contribution is -2.32. The Morgan fingerprint density at radius 3 is 2.42 bits per heavy atom. The molecule has 0 saturated carbocycles. The molecule has 1 fully saturated rings. The number of nitrogens with zero attached hydrogens (tertiary/aromatic N) is 1. The Kier molecular flexibility index (Phi) is 5.38. The summed E-state index contributed by atoms with van der Waals surface area (Å²) < 4.78 is 36.1. The number of benzene rings is 2. The second-order valence-electron chi connectivity index (χ2n) is 6.52. The highest BCUT2D eigenvalue weighted by Gasteiger charge is 2.27. The number of rotatable bonds is 5. The van der Waals surface area contributed by atoms with E-state index < -0.39 is 9.84 Å². The number of hydrogen-bond acceptors (Lipinski definition) is 4. The van der Waals surface area contributed by atoms with Crippen LogP contribution in [0, 0.1) is 5.82 Å². The van der Waals surface area contributed by atoms with Gasteiger partial charge < -0.3 is 5.32 Å². The van der Waals surface area contributed by atoms with Crippen molar-refractivity contribution in [2.75, 3.05) is 24.7 Å². The van der Waals surface area contributed by atoms with Gasteiger partial charge in [-0.15, -0.1) is 0 Å². The van der Waals surface area contributed by atoms with Crippen molar-refractivity contribution in [3.8, 4) is 0 Å². The second kappa shape index (κ2) is 7.55. The predicted octanol–water partition coefficient (Wildman–Crippen LogP) is 3.00. The first-order valence-corrected chi connectivity index (χ1v) is 10.3. The maximum atomic E-state index is 13.1. The molecule has 3 rings (SSSR count). The van der Waals surface area contributed by atoms with Crippen LogP contribution in [-0.2, 0) is 14.6 Å². The lowest BCUT2D eigenvalue weighted by molar-refractivity contribution is -0.117. The number of halogens is 1. The smallest absolute Gasteiger partial charge is 0.238 e. The third-order valence-electron chi connectivity index (χ3n) is 4.53. The molecule has 2 aromatic carbocycles. The molecule has 26 heavy (non-hydrogen) atoms. The van der Waals surface area contributed by atoms with E-state index in [2.05, 4.69) is 10.2 Å². The minimum atomic E-state index is -3.26. The fraction of sp³-hybridized carbons (Fsp3) is 0.316. The summed E-state index contributed by atoms with van der Waals surface area (Å²) in [5.74, 6) is -0.431. The zero-order chi connectivity index (χ0) is 18.7. The van der Waals surface area contributed by atoms with Crippen molar-refractivity contribution in [3.05, 3.63) is 59.9 Å². The van der Waals surface area contributed by atoms with Gasteiger partial charge in [0.25, 0.3) is 0 Å². The fourth-order valence-electron chi connectivity index (χ4n) is 3.25. The summed E-state index contributed by atoms with van der Waals surface area (Å²) >= 11 is 0. The average molecular weight is 376 g/mol. The highest BCUT2D eigenvalue weighted by Crippen LogP contribution is 2.31. The molecule has 7 heteroatoms. The van der Waals surface area contributed by atoms with Gasteiger partial charge in [0.1, 0.15) is 5.82 Å². The lowest BCUT2D eigenvalue weighted by Gasteiger charge is -2.24. The summed E-state index contributed by atoms with van der Waals surface area (Å²) in [6.45, 7) is 1.04. The van der Waals surface area contributed by atoms with Crippen LogP contribution in [-0.4, -0.2) is 38.6 Å². The van der Waals surface area contributed by atoms with Crippen molar-refractivity contribution in [3.63, 3.8) is 0 Å². The van der Waals surface area contributed by atoms with Gasteiger partial charge >= 0.3 is 0 Å². The van der Waals surface area contributed by atoms with Gasteiger partial charge in [-0.25, -0.2) is 12.8 Å². The van der Waals surface area contributed by atoms with Crippen LogP contribution < -0.4 is 5.32 Å². The maximum absolute atomic E-state index is 13.1. The molecule has 0 spiro atoms. The van der Waals surface area contributed by atoms with Crippen LogP contribution in [0.5, 0.6) is 0 Å². The molecule has 0 aromatic heterocycles. The van der Waals surface area contributed by atoms with Crippen LogP contribution in [0.2, 0.25) is 0 Å². The van der Waals surface area contributed by atoms with Crippen LogP contribution in [0.1, 0.15) is 24.4 Å². The van der Waals surface area contributed by atoms with Gasteiger partial charge in [-0.05, 0) is 61.3 Å². The SMILES string of the molecule is CS(=O)(=O)c1ccc(NC(=O)CN2CCC[C@H]2c2ccc(F)cc2)cc1. The van der Waals surface area contributed by atoms with Gasteiger partial charge in [0.15, 0.2) is 9.84 Å². The monoisotopic (exact) mass is 376 g/mol. The number of anilines is 1. The summed E-state index contributed by atoms with van der Waals surface area (Å²) in [5.41, 5.74) is 1.56. The molecule has 1 saturated heterocycles. The molecule has 0 unspecified atom stereocenters.